The summed E-state index contributed by atoms with van der Waals surface area (Å²) in [5.41, 5.74) is 50.3. The second kappa shape index (κ2) is 38.4. The molecule has 13 heteroatoms. The third-order valence-electron chi connectivity index (χ3n) is 29.4. The summed E-state index contributed by atoms with van der Waals surface area (Å²) in [5.74, 6) is 0.0903. The third-order valence-corrected chi connectivity index (χ3v) is 32.4. The van der Waals surface area contributed by atoms with E-state index in [0.717, 1.165) is 84.8 Å². The molecule has 22 aromatic rings. The number of nitrogen functional groups attached to an aromatic ring is 1. The van der Waals surface area contributed by atoms with Crippen LogP contribution in [0.5, 0.6) is 0 Å². The number of anilines is 1. The second-order valence-electron chi connectivity index (χ2n) is 37.1. The monoisotopic (exact) mass is 2260 g/mol. The predicted molar refractivity (Wildman–Crippen MR) is 615 cm³/mol. The molecule has 20 aromatic carbocycles. The Morgan fingerprint density at radius 3 is 1.01 bits per heavy atom. The van der Waals surface area contributed by atoms with Gasteiger partial charge in [0, 0.05) is 112 Å². The summed E-state index contributed by atoms with van der Waals surface area (Å²) in [6.07, 6.45) is 2.88. The molecule has 2 aromatic heterocycles. The number of H-pyrrole nitrogens is 1. The van der Waals surface area contributed by atoms with Gasteiger partial charge in [-0.15, -0.1) is 0 Å². The van der Waals surface area contributed by atoms with Gasteiger partial charge in [-0.2, -0.15) is 0 Å². The van der Waals surface area contributed by atoms with E-state index in [-0.39, 0.29) is 22.0 Å². The first-order valence-electron chi connectivity index (χ1n) is 48.2. The van der Waals surface area contributed by atoms with Gasteiger partial charge >= 0.3 is 0 Å². The highest BCUT2D eigenvalue weighted by Crippen LogP contribution is 2.68. The van der Waals surface area contributed by atoms with Crippen LogP contribution in [0.25, 0.3) is 144 Å². The number of pyridine rings is 1. The van der Waals surface area contributed by atoms with E-state index in [1.54, 1.807) is 12.1 Å². The number of aromatic amines is 1. The Bertz CT molecular complexity index is 8750. The number of carbonyl (C=O) groups is 2. The van der Waals surface area contributed by atoms with E-state index in [4.69, 9.17) is 27.1 Å². The van der Waals surface area contributed by atoms with Crippen LogP contribution < -0.4 is 5.73 Å². The lowest BCUT2D eigenvalue weighted by atomic mass is 9.70. The number of para-hydroxylation sites is 4. The Kier molecular flexibility index (Phi) is 24.6. The van der Waals surface area contributed by atoms with Gasteiger partial charge in [0.05, 0.1) is 27.5 Å². The van der Waals surface area contributed by atoms with Gasteiger partial charge in [0.15, 0.2) is 5.78 Å². The number of aromatic nitrogens is 2. The summed E-state index contributed by atoms with van der Waals surface area (Å²) in [7, 11) is 0. The lowest BCUT2D eigenvalue weighted by molar-refractivity contribution is 0.0992. The number of rotatable bonds is 7. The first-order chi connectivity index (χ1) is 70.6. The summed E-state index contributed by atoms with van der Waals surface area (Å²) < 4.78 is 10.4. The quantitative estimate of drug-likeness (QED) is 0.0717. The van der Waals surface area contributed by atoms with Crippen LogP contribution in [0.4, 0.5) is 5.69 Å². The van der Waals surface area contributed by atoms with E-state index in [1.165, 1.54) is 190 Å². The van der Waals surface area contributed by atoms with Crippen LogP contribution in [0.2, 0.25) is 0 Å². The number of Topliss-reactive ketones (excluding diaryl/α,β-unsaturated/α-hetero) is 1. The highest BCUT2D eigenvalue weighted by Gasteiger charge is 2.56. The van der Waals surface area contributed by atoms with E-state index in [2.05, 4.69) is 489 Å². The van der Waals surface area contributed by atoms with Crippen LogP contribution in [-0.4, -0.2) is 34.2 Å². The molecule has 0 unspecified atom stereocenters. The SMILES string of the molecule is Brc1cc(Br)cc(-c2nc3ccccc3c3c4c(ccc23)C2(c3ccccc3-c3ccccc32)c2ccccc2-4)c1.C1CCOC1.Nc1ccccc1-c1cccc2c1-c1ccccc1C21c2ccccc2-c2ccccc21.O=C(Cc1ccccc1-c1cccc2c1-c1ccccc1C21c2ccccc2-c2ccccc21)c1cc(Br)cc(Br)c1.O=C(Cl)c1cc(Br)cc(Br)c1.c1ccc2c(c1)[nH]c1ccccc12. The van der Waals surface area contributed by atoms with E-state index in [0.29, 0.717) is 17.5 Å². The number of nitrogens with two attached hydrogens (primary N) is 1. The first kappa shape index (κ1) is 92.5. The Labute approximate surface area is 890 Å². The normalized spacial score (nSPS) is 13.5. The van der Waals surface area contributed by atoms with Crippen LogP contribution in [0.1, 0.15) is 106 Å². The number of carbonyl (C=O) groups excluding carboxylic acids is 2. The fourth-order valence-electron chi connectivity index (χ4n) is 23.9. The average molecular weight is 2270 g/mol. The number of fused-ring (bicyclic) bond motifs is 37. The number of hydrogen-bond donors (Lipinski definition) is 2. The van der Waals surface area contributed by atoms with E-state index < -0.39 is 5.24 Å². The van der Waals surface area contributed by atoms with Crippen molar-refractivity contribution in [1.29, 1.82) is 0 Å². The van der Waals surface area contributed by atoms with Crippen LogP contribution in [-0.2, 0) is 27.4 Å². The molecule has 0 amide bonds. The number of ether oxygens (including phenoxy) is 1. The van der Waals surface area contributed by atoms with Crippen LogP contribution in [0.3, 0.4) is 0 Å². The van der Waals surface area contributed by atoms with Crippen molar-refractivity contribution in [3.8, 4) is 100 Å². The molecule has 692 valence electrons. The molecule has 29 rings (SSSR count). The molecule has 144 heavy (non-hydrogen) atoms. The maximum Gasteiger partial charge on any atom is 0.252 e. The van der Waals surface area contributed by atoms with Crippen molar-refractivity contribution < 1.29 is 14.3 Å². The van der Waals surface area contributed by atoms with Gasteiger partial charge in [-0.3, -0.25) is 9.59 Å². The first-order valence-corrected chi connectivity index (χ1v) is 53.3. The molecule has 1 saturated heterocycles. The van der Waals surface area contributed by atoms with Crippen molar-refractivity contribution in [3.05, 3.63) is 553 Å². The largest absolute Gasteiger partial charge is 0.398 e. The van der Waals surface area contributed by atoms with Crippen LogP contribution in [0, 0.1) is 0 Å². The van der Waals surface area contributed by atoms with Gasteiger partial charge < -0.3 is 15.5 Å². The maximum absolute atomic E-state index is 13.6. The summed E-state index contributed by atoms with van der Waals surface area (Å²) in [6, 6.07) is 158. The second-order valence-corrected chi connectivity index (χ2v) is 43.0. The van der Waals surface area contributed by atoms with Crippen molar-refractivity contribution >= 4 is 167 Å². The zero-order valence-electron chi connectivity index (χ0n) is 77.6. The number of nitrogens with one attached hydrogen (secondary N) is 1. The molecule has 0 atom stereocenters. The Hall–Kier alpha value is -13.9. The van der Waals surface area contributed by atoms with Crippen molar-refractivity contribution in [2.45, 2.75) is 35.5 Å². The van der Waals surface area contributed by atoms with E-state index >= 15 is 0 Å². The van der Waals surface area contributed by atoms with Crippen molar-refractivity contribution in [2.75, 3.05) is 18.9 Å². The molecule has 3 heterocycles. The lowest BCUT2D eigenvalue weighted by Gasteiger charge is -2.30. The summed E-state index contributed by atoms with van der Waals surface area (Å²) in [4.78, 5) is 32.9. The molecular formula is C131H86Br6ClN3O3. The van der Waals surface area contributed by atoms with Crippen molar-refractivity contribution in [1.82, 2.24) is 9.97 Å². The summed E-state index contributed by atoms with van der Waals surface area (Å²) >= 11 is 26.2. The molecule has 7 aliphatic rings. The zero-order chi connectivity index (χ0) is 97.6. The standard InChI is InChI=1S/C39H24Br2O.C38H21Br2N.C31H21N.C12H9N.C7H3Br2ClO.C4H8O/c40-26-20-25(21-27(41)23-26)37(42)22-24-10-1-2-11-28(24)31-15-9-19-36-38(31)32-14-5-8-18-35(32)39(36)33-16-6-3-12-29(33)30-13-4-7-17-34(30)39;39-23-19-22(20-24(40)21-23)37-29-17-18-33-36(35(29)28-12-4-8-16-34(28)41-37)27-11-3-7-15-32(27)38(33)30-13-5-1-9-25(30)26-10-2-6-14-31(26)38;32-29-19-8-4-12-22(29)23-14-9-18-28-30(23)24-13-3-7-17-27(24)31(28)25-15-5-1-10-20(25)21-11-2-6-16-26(21)31;1-3-7-11-9(5-1)10-6-2-4-8-12(10)13-11;8-5-1-4(7(10)11)2-6(9)3-5;1-2-4-5-3-1/h1-21,23H,22H2;1-21H;1-19H,32H2;1-8,13H;1-3H;1-4H2. The Morgan fingerprint density at radius 2 is 0.604 bits per heavy atom. The molecule has 6 nitrogen and oxygen atoms in total. The molecule has 0 bridgehead atoms. The van der Waals surface area contributed by atoms with E-state index in [1.807, 2.05) is 42.5 Å². The molecule has 0 radical (unpaired) electrons. The third kappa shape index (κ3) is 15.5. The maximum atomic E-state index is 13.6. The van der Waals surface area contributed by atoms with Crippen molar-refractivity contribution in [2.24, 2.45) is 0 Å². The van der Waals surface area contributed by atoms with Gasteiger partial charge in [0.2, 0.25) is 0 Å². The Morgan fingerprint density at radius 1 is 0.292 bits per heavy atom. The molecule has 3 spiro atoms. The average Bonchev–Trinajstić information content (AvgIpc) is 1.51. The molecule has 0 saturated carbocycles. The van der Waals surface area contributed by atoms with Crippen LogP contribution >= 0.6 is 107 Å². The molecule has 6 aliphatic carbocycles. The van der Waals surface area contributed by atoms with Gasteiger partial charge in [-0.1, -0.05) is 460 Å². The van der Waals surface area contributed by atoms with Gasteiger partial charge in [0.25, 0.3) is 5.24 Å². The predicted octanol–water partition coefficient (Wildman–Crippen LogP) is 36.6. The minimum Gasteiger partial charge on any atom is -0.398 e. The fraction of sp³-hybridized carbons (Fsp3) is 0.0611. The zero-order valence-corrected chi connectivity index (χ0v) is 87.8. The number of ketones is 1. The fourth-order valence-corrected chi connectivity index (χ4v) is 27.9. The summed E-state index contributed by atoms with van der Waals surface area (Å²) in [5, 5.41) is 5.77. The van der Waals surface area contributed by atoms with Crippen molar-refractivity contribution in [3.63, 3.8) is 0 Å². The minimum atomic E-state index is -0.452. The highest BCUT2D eigenvalue weighted by atomic mass is 79.9. The molecule has 1 fully saturated rings. The number of hydrogen-bond acceptors (Lipinski definition) is 5. The van der Waals surface area contributed by atoms with Gasteiger partial charge in [-0.25, -0.2) is 4.98 Å². The molecule has 1 aliphatic heterocycles. The lowest BCUT2D eigenvalue weighted by Crippen LogP contribution is -2.25. The minimum absolute atomic E-state index is 0.0903. The topological polar surface area (TPSA) is 98.1 Å². The highest BCUT2D eigenvalue weighted by molar-refractivity contribution is 9.11. The summed E-state index contributed by atoms with van der Waals surface area (Å²) in [6.45, 7) is 2.00. The van der Waals surface area contributed by atoms with Crippen LogP contribution in [0.15, 0.2) is 470 Å². The number of nitrogens with zero attached hydrogens (tertiary/aromatic N) is 1. The van der Waals surface area contributed by atoms with E-state index in [9.17, 15) is 9.59 Å². The Balaban J connectivity index is 0.000000102. The molecular weight excluding hydrogens is 2180 g/mol. The van der Waals surface area contributed by atoms with Gasteiger partial charge in [-0.05, 0) is 259 Å². The number of halogens is 7. The molecule has 3 N–H and O–H groups in total. The van der Waals surface area contributed by atoms with Gasteiger partial charge in [0.1, 0.15) is 0 Å². The smallest absolute Gasteiger partial charge is 0.252 e. The number of benzene rings is 20.